The number of hydrogen-bond donors (Lipinski definition) is 0. The highest BCUT2D eigenvalue weighted by molar-refractivity contribution is 6.28. The maximum absolute atomic E-state index is 12.7. The van der Waals surface area contributed by atoms with Crippen LogP contribution in [0, 0.1) is 5.82 Å². The zero-order chi connectivity index (χ0) is 10.8. The monoisotopic (exact) mass is 230 g/mol. The molecule has 0 aromatic carbocycles. The second-order valence-corrected chi connectivity index (χ2v) is 2.53. The Morgan fingerprint density at radius 3 is 2.64 bits per heavy atom. The third-order valence-electron chi connectivity index (χ3n) is 1.06. The zero-order valence-corrected chi connectivity index (χ0v) is 7.23. The van der Waals surface area contributed by atoms with Crippen LogP contribution in [-0.4, -0.2) is 22.8 Å². The van der Waals surface area contributed by atoms with Gasteiger partial charge in [-0.3, -0.25) is 0 Å². The van der Waals surface area contributed by atoms with Crippen LogP contribution in [0.4, 0.5) is 17.6 Å². The molecular formula is C6H3ClF4N2O. The van der Waals surface area contributed by atoms with Gasteiger partial charge in [-0.25, -0.2) is 4.98 Å². The van der Waals surface area contributed by atoms with E-state index in [-0.39, 0.29) is 5.28 Å². The SMILES string of the molecule is Fc1cnc(Cl)nc1OCC(F)(F)F. The first-order valence-electron chi connectivity index (χ1n) is 3.26. The average molecular weight is 231 g/mol. The van der Waals surface area contributed by atoms with Crippen LogP contribution in [0.3, 0.4) is 0 Å². The standard InChI is InChI=1S/C6H3ClF4N2O/c7-5-12-1-3(8)4(13-5)14-2-6(9,10)11/h1H,2H2. The van der Waals surface area contributed by atoms with Crippen molar-refractivity contribution in [3.8, 4) is 5.88 Å². The van der Waals surface area contributed by atoms with Gasteiger partial charge in [0.1, 0.15) is 0 Å². The summed E-state index contributed by atoms with van der Waals surface area (Å²) >= 11 is 5.22. The summed E-state index contributed by atoms with van der Waals surface area (Å²) in [5.74, 6) is -1.92. The quantitative estimate of drug-likeness (QED) is 0.577. The lowest BCUT2D eigenvalue weighted by molar-refractivity contribution is -0.154. The molecule has 78 valence electrons. The van der Waals surface area contributed by atoms with E-state index in [1.165, 1.54) is 0 Å². The molecule has 0 unspecified atom stereocenters. The molecule has 0 saturated carbocycles. The number of nitrogens with zero attached hydrogens (tertiary/aromatic N) is 2. The molecule has 0 amide bonds. The van der Waals surface area contributed by atoms with Crippen LogP contribution < -0.4 is 4.74 Å². The van der Waals surface area contributed by atoms with Crippen molar-refractivity contribution in [2.75, 3.05) is 6.61 Å². The fraction of sp³-hybridized carbons (Fsp3) is 0.333. The first kappa shape index (κ1) is 11.0. The highest BCUT2D eigenvalue weighted by atomic mass is 35.5. The Labute approximate surface area is 80.7 Å². The second kappa shape index (κ2) is 3.95. The molecule has 0 aliphatic carbocycles. The van der Waals surface area contributed by atoms with Crippen LogP contribution in [0.1, 0.15) is 0 Å². The lowest BCUT2D eigenvalue weighted by Crippen LogP contribution is -2.20. The van der Waals surface area contributed by atoms with E-state index in [1.54, 1.807) is 0 Å². The molecule has 1 aromatic heterocycles. The Hall–Kier alpha value is -1.11. The van der Waals surface area contributed by atoms with Crippen molar-refractivity contribution >= 4 is 11.6 Å². The van der Waals surface area contributed by atoms with Crippen molar-refractivity contribution in [2.24, 2.45) is 0 Å². The minimum absolute atomic E-state index is 0.386. The van der Waals surface area contributed by atoms with E-state index >= 15 is 0 Å². The number of aromatic nitrogens is 2. The van der Waals surface area contributed by atoms with Crippen molar-refractivity contribution in [2.45, 2.75) is 6.18 Å². The third kappa shape index (κ3) is 3.33. The van der Waals surface area contributed by atoms with E-state index in [0.29, 0.717) is 6.20 Å². The number of halogens is 5. The molecule has 0 spiro atoms. The van der Waals surface area contributed by atoms with Gasteiger partial charge < -0.3 is 4.74 Å². The Morgan fingerprint density at radius 2 is 2.07 bits per heavy atom. The molecular weight excluding hydrogens is 228 g/mol. The van der Waals surface area contributed by atoms with E-state index < -0.39 is 24.5 Å². The summed E-state index contributed by atoms with van der Waals surface area (Å²) in [6.45, 7) is -1.63. The van der Waals surface area contributed by atoms with Gasteiger partial charge in [0.2, 0.25) is 11.1 Å². The smallest absolute Gasteiger partial charge is 0.422 e. The number of rotatable bonds is 2. The minimum atomic E-state index is -4.55. The van der Waals surface area contributed by atoms with Crippen LogP contribution in [0.5, 0.6) is 5.88 Å². The van der Waals surface area contributed by atoms with Crippen molar-refractivity contribution in [1.29, 1.82) is 0 Å². The van der Waals surface area contributed by atoms with Crippen molar-refractivity contribution in [3.63, 3.8) is 0 Å². The van der Waals surface area contributed by atoms with Crippen molar-refractivity contribution in [3.05, 3.63) is 17.3 Å². The maximum atomic E-state index is 12.7. The zero-order valence-electron chi connectivity index (χ0n) is 6.48. The highest BCUT2D eigenvalue weighted by Crippen LogP contribution is 2.19. The fourth-order valence-corrected chi connectivity index (χ4v) is 0.708. The van der Waals surface area contributed by atoms with Crippen LogP contribution in [0.25, 0.3) is 0 Å². The van der Waals surface area contributed by atoms with E-state index in [1.807, 2.05) is 0 Å². The van der Waals surface area contributed by atoms with Gasteiger partial charge in [0.05, 0.1) is 6.20 Å². The van der Waals surface area contributed by atoms with Crippen LogP contribution in [0.2, 0.25) is 5.28 Å². The fourth-order valence-electron chi connectivity index (χ4n) is 0.583. The third-order valence-corrected chi connectivity index (χ3v) is 1.24. The van der Waals surface area contributed by atoms with Crippen LogP contribution in [0.15, 0.2) is 6.20 Å². The topological polar surface area (TPSA) is 35.0 Å². The average Bonchev–Trinajstić information content (AvgIpc) is 2.05. The van der Waals surface area contributed by atoms with E-state index in [9.17, 15) is 17.6 Å². The van der Waals surface area contributed by atoms with Crippen molar-refractivity contribution in [1.82, 2.24) is 9.97 Å². The Kier molecular flexibility index (Phi) is 3.10. The van der Waals surface area contributed by atoms with Gasteiger partial charge in [-0.05, 0) is 11.6 Å². The molecule has 0 saturated heterocycles. The van der Waals surface area contributed by atoms with Gasteiger partial charge in [0.15, 0.2) is 6.61 Å². The molecule has 14 heavy (non-hydrogen) atoms. The number of hydrogen-bond acceptors (Lipinski definition) is 3. The summed E-state index contributed by atoms with van der Waals surface area (Å²) in [4.78, 5) is 6.33. The molecule has 1 heterocycles. The van der Waals surface area contributed by atoms with Gasteiger partial charge in [-0.1, -0.05) is 0 Å². The molecule has 0 aliphatic heterocycles. The Bertz CT molecular complexity index is 330. The van der Waals surface area contributed by atoms with Gasteiger partial charge in [0.25, 0.3) is 5.88 Å². The largest absolute Gasteiger partial charge is 0.466 e. The lowest BCUT2D eigenvalue weighted by Gasteiger charge is -2.08. The molecule has 0 fully saturated rings. The molecule has 0 radical (unpaired) electrons. The Balaban J connectivity index is 2.72. The summed E-state index contributed by atoms with van der Waals surface area (Å²) in [5, 5.41) is -0.386. The van der Waals surface area contributed by atoms with Crippen LogP contribution >= 0.6 is 11.6 Å². The van der Waals surface area contributed by atoms with Gasteiger partial charge in [-0.15, -0.1) is 0 Å². The summed E-state index contributed by atoms with van der Waals surface area (Å²) in [7, 11) is 0. The predicted molar refractivity (Wildman–Crippen MR) is 38.5 cm³/mol. The van der Waals surface area contributed by atoms with Gasteiger partial charge in [0, 0.05) is 0 Å². The molecule has 0 bridgehead atoms. The molecule has 1 rings (SSSR count). The lowest BCUT2D eigenvalue weighted by atomic mass is 10.6. The number of alkyl halides is 3. The molecule has 0 aliphatic rings. The molecule has 3 nitrogen and oxygen atoms in total. The summed E-state index contributed by atoms with van der Waals surface area (Å²) in [6, 6.07) is 0. The maximum Gasteiger partial charge on any atom is 0.422 e. The first-order valence-corrected chi connectivity index (χ1v) is 3.64. The normalized spacial score (nSPS) is 11.5. The summed E-state index contributed by atoms with van der Waals surface area (Å²) < 4.78 is 51.7. The van der Waals surface area contributed by atoms with E-state index in [4.69, 9.17) is 11.6 Å². The molecule has 1 aromatic rings. The second-order valence-electron chi connectivity index (χ2n) is 2.20. The Morgan fingerprint density at radius 1 is 1.43 bits per heavy atom. The highest BCUT2D eigenvalue weighted by Gasteiger charge is 2.29. The van der Waals surface area contributed by atoms with Crippen molar-refractivity contribution < 1.29 is 22.3 Å². The predicted octanol–water partition coefficient (Wildman–Crippen LogP) is 2.21. The number of ether oxygens (including phenoxy) is 1. The van der Waals surface area contributed by atoms with E-state index in [0.717, 1.165) is 0 Å². The molecule has 0 N–H and O–H groups in total. The minimum Gasteiger partial charge on any atom is -0.466 e. The summed E-state index contributed by atoms with van der Waals surface area (Å²) in [6.07, 6.45) is -3.93. The van der Waals surface area contributed by atoms with Gasteiger partial charge in [-0.2, -0.15) is 22.5 Å². The van der Waals surface area contributed by atoms with E-state index in [2.05, 4.69) is 14.7 Å². The molecule has 0 atom stereocenters. The van der Waals surface area contributed by atoms with Crippen LogP contribution in [-0.2, 0) is 0 Å². The molecule has 8 heteroatoms. The first-order chi connectivity index (χ1) is 6.38. The van der Waals surface area contributed by atoms with Gasteiger partial charge >= 0.3 is 6.18 Å². The summed E-state index contributed by atoms with van der Waals surface area (Å²) in [5.41, 5.74) is 0.